The SMILES string of the molecule is Cc1cc2cc([N+](=O)[O-])ccc2n1N=Cc1cc[n+](C)c2ccccc12. The third-order valence-corrected chi connectivity index (χ3v) is 4.53. The van der Waals surface area contributed by atoms with Crippen LogP contribution in [0.5, 0.6) is 0 Å². The maximum Gasteiger partial charge on any atom is 0.270 e. The number of hydrogen-bond acceptors (Lipinski definition) is 3. The van der Waals surface area contributed by atoms with E-state index in [0.717, 1.165) is 33.1 Å². The quantitative estimate of drug-likeness (QED) is 0.246. The van der Waals surface area contributed by atoms with Gasteiger partial charge < -0.3 is 0 Å². The van der Waals surface area contributed by atoms with Gasteiger partial charge in [-0.15, -0.1) is 0 Å². The second-order valence-electron chi connectivity index (χ2n) is 6.24. The second kappa shape index (κ2) is 6.07. The number of non-ortho nitro benzene ring substituents is 1. The summed E-state index contributed by atoms with van der Waals surface area (Å²) in [5.41, 5.74) is 3.99. The molecule has 0 amide bonds. The topological polar surface area (TPSA) is 64.3 Å². The fourth-order valence-corrected chi connectivity index (χ4v) is 3.21. The maximum absolute atomic E-state index is 11.0. The minimum atomic E-state index is -0.383. The van der Waals surface area contributed by atoms with Crippen LogP contribution in [0, 0.1) is 17.0 Å². The number of rotatable bonds is 3. The Morgan fingerprint density at radius 1 is 1.15 bits per heavy atom. The molecule has 0 radical (unpaired) electrons. The van der Waals surface area contributed by atoms with Gasteiger partial charge in [0.1, 0.15) is 7.05 Å². The van der Waals surface area contributed by atoms with Gasteiger partial charge in [-0.05, 0) is 25.1 Å². The van der Waals surface area contributed by atoms with Crippen molar-refractivity contribution < 1.29 is 9.49 Å². The van der Waals surface area contributed by atoms with Crippen molar-refractivity contribution >= 4 is 33.7 Å². The van der Waals surface area contributed by atoms with E-state index in [9.17, 15) is 10.1 Å². The van der Waals surface area contributed by atoms with Crippen LogP contribution in [0.25, 0.3) is 21.8 Å². The van der Waals surface area contributed by atoms with Crippen molar-refractivity contribution in [1.29, 1.82) is 0 Å². The molecule has 2 heterocycles. The molecule has 0 aliphatic carbocycles. The standard InChI is InChI=1S/C20H17N4O2/c1-14-11-16-12-17(24(25)26)7-8-19(16)23(14)21-13-15-9-10-22(2)20-6-4-3-5-18(15)20/h3-13H,1-2H3/q+1. The third kappa shape index (κ3) is 2.61. The molecule has 2 aromatic heterocycles. The van der Waals surface area contributed by atoms with Crippen LogP contribution in [0.2, 0.25) is 0 Å². The summed E-state index contributed by atoms with van der Waals surface area (Å²) in [7, 11) is 2.01. The molecule has 4 aromatic rings. The number of nitrogens with zero attached hydrogens (tertiary/aromatic N) is 4. The first-order valence-electron chi connectivity index (χ1n) is 8.23. The molecule has 0 aliphatic rings. The molecule has 0 aliphatic heterocycles. The van der Waals surface area contributed by atoms with Crippen LogP contribution in [0.3, 0.4) is 0 Å². The van der Waals surface area contributed by atoms with Crippen molar-refractivity contribution in [2.75, 3.05) is 0 Å². The Labute approximate surface area is 149 Å². The van der Waals surface area contributed by atoms with E-state index >= 15 is 0 Å². The van der Waals surface area contributed by atoms with Gasteiger partial charge in [-0.25, -0.2) is 9.24 Å². The fraction of sp³-hybridized carbons (Fsp3) is 0.100. The van der Waals surface area contributed by atoms with Crippen LogP contribution in [-0.4, -0.2) is 15.8 Å². The lowest BCUT2D eigenvalue weighted by atomic mass is 10.1. The zero-order valence-electron chi connectivity index (χ0n) is 14.5. The maximum atomic E-state index is 11.0. The minimum absolute atomic E-state index is 0.0835. The van der Waals surface area contributed by atoms with Crippen LogP contribution < -0.4 is 4.57 Å². The summed E-state index contributed by atoms with van der Waals surface area (Å²) in [4.78, 5) is 10.6. The van der Waals surface area contributed by atoms with E-state index < -0.39 is 0 Å². The van der Waals surface area contributed by atoms with Crippen molar-refractivity contribution in [3.8, 4) is 0 Å². The normalized spacial score (nSPS) is 11.6. The zero-order chi connectivity index (χ0) is 18.3. The van der Waals surface area contributed by atoms with E-state index in [1.807, 2.05) is 50.6 Å². The van der Waals surface area contributed by atoms with E-state index in [1.165, 1.54) is 6.07 Å². The molecule has 0 saturated heterocycles. The highest BCUT2D eigenvalue weighted by molar-refractivity contribution is 5.97. The predicted molar refractivity (Wildman–Crippen MR) is 101 cm³/mol. The van der Waals surface area contributed by atoms with Gasteiger partial charge in [0.15, 0.2) is 6.20 Å². The number of nitro benzene ring substituents is 1. The molecular formula is C20H17N4O2+. The van der Waals surface area contributed by atoms with Gasteiger partial charge in [0.2, 0.25) is 5.52 Å². The Hall–Kier alpha value is -3.54. The molecule has 0 unspecified atom stereocenters. The molecule has 0 bridgehead atoms. The summed E-state index contributed by atoms with van der Waals surface area (Å²) in [6.07, 6.45) is 3.84. The molecule has 26 heavy (non-hydrogen) atoms. The number of fused-ring (bicyclic) bond motifs is 2. The molecule has 0 saturated carbocycles. The van der Waals surface area contributed by atoms with Crippen molar-refractivity contribution in [1.82, 2.24) is 4.68 Å². The van der Waals surface area contributed by atoms with Crippen LogP contribution >= 0.6 is 0 Å². The van der Waals surface area contributed by atoms with Crippen LogP contribution in [0.15, 0.2) is 65.9 Å². The van der Waals surface area contributed by atoms with Gasteiger partial charge in [0.05, 0.1) is 22.0 Å². The Kier molecular flexibility index (Phi) is 3.73. The lowest BCUT2D eigenvalue weighted by molar-refractivity contribution is -0.644. The van der Waals surface area contributed by atoms with Crippen molar-refractivity contribution in [2.24, 2.45) is 12.1 Å². The average Bonchev–Trinajstić information content (AvgIpc) is 2.96. The summed E-state index contributed by atoms with van der Waals surface area (Å²) >= 11 is 0. The van der Waals surface area contributed by atoms with Gasteiger partial charge in [0.25, 0.3) is 5.69 Å². The molecular weight excluding hydrogens is 328 g/mol. The lowest BCUT2D eigenvalue weighted by Crippen LogP contribution is -2.28. The second-order valence-corrected chi connectivity index (χ2v) is 6.24. The highest BCUT2D eigenvalue weighted by atomic mass is 16.6. The number of nitro groups is 1. The highest BCUT2D eigenvalue weighted by Gasteiger charge is 2.11. The van der Waals surface area contributed by atoms with Gasteiger partial charge in [0, 0.05) is 40.9 Å². The van der Waals surface area contributed by atoms with Crippen molar-refractivity contribution in [2.45, 2.75) is 6.92 Å². The molecule has 6 heteroatoms. The predicted octanol–water partition coefficient (Wildman–Crippen LogP) is 3.72. The van der Waals surface area contributed by atoms with Crippen LogP contribution in [0.1, 0.15) is 11.3 Å². The first-order valence-corrected chi connectivity index (χ1v) is 8.23. The molecule has 0 fully saturated rings. The summed E-state index contributed by atoms with van der Waals surface area (Å²) in [6, 6.07) is 16.9. The lowest BCUT2D eigenvalue weighted by Gasteiger charge is -2.03. The van der Waals surface area contributed by atoms with Gasteiger partial charge >= 0.3 is 0 Å². The number of pyridine rings is 1. The molecule has 0 N–H and O–H groups in total. The molecule has 6 nitrogen and oxygen atoms in total. The first-order chi connectivity index (χ1) is 12.5. The van der Waals surface area contributed by atoms with Gasteiger partial charge in [-0.3, -0.25) is 10.1 Å². The van der Waals surface area contributed by atoms with Crippen LogP contribution in [0.4, 0.5) is 5.69 Å². The Morgan fingerprint density at radius 3 is 2.77 bits per heavy atom. The van der Waals surface area contributed by atoms with E-state index in [2.05, 4.69) is 21.8 Å². The van der Waals surface area contributed by atoms with Crippen molar-refractivity contribution in [3.05, 3.63) is 82.2 Å². The largest absolute Gasteiger partial charge is 0.270 e. The number of aryl methyl sites for hydroxylation is 2. The highest BCUT2D eigenvalue weighted by Crippen LogP contribution is 2.24. The summed E-state index contributed by atoms with van der Waals surface area (Å²) < 4.78 is 3.88. The summed E-state index contributed by atoms with van der Waals surface area (Å²) in [5.74, 6) is 0. The minimum Gasteiger partial charge on any atom is -0.258 e. The Bertz CT molecular complexity index is 1190. The molecule has 2 aromatic carbocycles. The fourth-order valence-electron chi connectivity index (χ4n) is 3.21. The third-order valence-electron chi connectivity index (χ3n) is 4.53. The summed E-state index contributed by atoms with van der Waals surface area (Å²) in [5, 5.41) is 17.5. The van der Waals surface area contributed by atoms with E-state index in [1.54, 1.807) is 16.8 Å². The smallest absolute Gasteiger partial charge is 0.258 e. The number of hydrogen-bond donors (Lipinski definition) is 0. The monoisotopic (exact) mass is 345 g/mol. The molecule has 0 spiro atoms. The molecule has 4 rings (SSSR count). The van der Waals surface area contributed by atoms with Gasteiger partial charge in [-0.1, -0.05) is 12.1 Å². The average molecular weight is 345 g/mol. The Balaban J connectivity index is 1.82. The van der Waals surface area contributed by atoms with E-state index in [-0.39, 0.29) is 10.6 Å². The van der Waals surface area contributed by atoms with Crippen LogP contribution in [-0.2, 0) is 7.05 Å². The molecule has 0 atom stereocenters. The zero-order valence-corrected chi connectivity index (χ0v) is 14.5. The first kappa shape index (κ1) is 16.0. The number of para-hydroxylation sites is 1. The summed E-state index contributed by atoms with van der Waals surface area (Å²) in [6.45, 7) is 1.94. The number of aromatic nitrogens is 2. The van der Waals surface area contributed by atoms with E-state index in [4.69, 9.17) is 0 Å². The number of benzene rings is 2. The van der Waals surface area contributed by atoms with Gasteiger partial charge in [-0.2, -0.15) is 5.10 Å². The molecule has 128 valence electrons. The van der Waals surface area contributed by atoms with Crippen molar-refractivity contribution in [3.63, 3.8) is 0 Å². The van der Waals surface area contributed by atoms with E-state index in [0.29, 0.717) is 0 Å². The Morgan fingerprint density at radius 2 is 1.96 bits per heavy atom.